The fraction of sp³-hybridized carbons (Fsp3) is 0.103. The maximum atomic E-state index is 13.0. The summed E-state index contributed by atoms with van der Waals surface area (Å²) in [6.45, 7) is 1.53. The summed E-state index contributed by atoms with van der Waals surface area (Å²) in [6.07, 6.45) is 3.29. The molecule has 0 saturated carbocycles. The molecule has 0 radical (unpaired) electrons. The van der Waals surface area contributed by atoms with E-state index < -0.39 is 24.4 Å². The van der Waals surface area contributed by atoms with Crippen LogP contribution in [0.15, 0.2) is 84.7 Å². The average Bonchev–Trinajstić information content (AvgIpc) is 3.38. The van der Waals surface area contributed by atoms with E-state index in [0.29, 0.717) is 22.0 Å². The minimum absolute atomic E-state index is 0.0257. The predicted octanol–water partition coefficient (Wildman–Crippen LogP) is 4.77. The van der Waals surface area contributed by atoms with E-state index in [1.54, 1.807) is 53.2 Å². The number of nitrogens with one attached hydrogen (secondary N) is 3. The summed E-state index contributed by atoms with van der Waals surface area (Å²) >= 11 is 5.91. The first-order chi connectivity index (χ1) is 18.8. The Labute approximate surface area is 229 Å². The number of halogens is 1. The number of carbonyl (C=O) groups excluding carboxylic acids is 4. The molecule has 1 fully saturated rings. The van der Waals surface area contributed by atoms with E-state index in [1.165, 1.54) is 0 Å². The van der Waals surface area contributed by atoms with Crippen molar-refractivity contribution in [3.8, 4) is 0 Å². The van der Waals surface area contributed by atoms with Gasteiger partial charge >= 0.3 is 6.03 Å². The molecule has 1 aliphatic heterocycles. The molecule has 0 spiro atoms. The molecule has 10 heteroatoms. The van der Waals surface area contributed by atoms with Crippen LogP contribution in [0.3, 0.4) is 0 Å². The largest absolute Gasteiger partial charge is 0.337 e. The fourth-order valence-electron chi connectivity index (χ4n) is 4.26. The van der Waals surface area contributed by atoms with E-state index in [9.17, 15) is 19.2 Å². The summed E-state index contributed by atoms with van der Waals surface area (Å²) in [5.74, 6) is -1.35. The SMILES string of the molecule is Cc1ccc(NC(=O)CN2C(=O)N/C(=C/c3cn(CC(=O)Nc4ccc(Cl)cc4)c4ccccc34)C2=O)cc1. The Hall–Kier alpha value is -4.89. The Morgan fingerprint density at radius 3 is 2.18 bits per heavy atom. The number of fused-ring (bicyclic) bond motifs is 1. The zero-order valence-electron chi connectivity index (χ0n) is 20.9. The van der Waals surface area contributed by atoms with Crippen LogP contribution >= 0.6 is 11.6 Å². The number of benzene rings is 3. The maximum Gasteiger partial charge on any atom is 0.329 e. The zero-order chi connectivity index (χ0) is 27.5. The predicted molar refractivity (Wildman–Crippen MR) is 150 cm³/mol. The maximum absolute atomic E-state index is 13.0. The molecule has 0 atom stereocenters. The number of anilines is 2. The van der Waals surface area contributed by atoms with Gasteiger partial charge in [0, 0.05) is 39.1 Å². The molecule has 1 saturated heterocycles. The molecule has 0 unspecified atom stereocenters. The molecule has 5 amide bonds. The van der Waals surface area contributed by atoms with Gasteiger partial charge < -0.3 is 20.5 Å². The van der Waals surface area contributed by atoms with Crippen molar-refractivity contribution in [2.24, 2.45) is 0 Å². The van der Waals surface area contributed by atoms with Crippen LogP contribution in [-0.4, -0.2) is 39.8 Å². The third kappa shape index (κ3) is 5.83. The van der Waals surface area contributed by atoms with Crippen molar-refractivity contribution in [2.45, 2.75) is 13.5 Å². The molecule has 0 aliphatic carbocycles. The molecule has 3 aromatic carbocycles. The lowest BCUT2D eigenvalue weighted by atomic mass is 10.1. The number of amides is 5. The number of urea groups is 1. The third-order valence-electron chi connectivity index (χ3n) is 6.16. The number of imide groups is 1. The van der Waals surface area contributed by atoms with Gasteiger partial charge in [0.2, 0.25) is 11.8 Å². The number of aromatic nitrogens is 1. The highest BCUT2D eigenvalue weighted by Crippen LogP contribution is 2.25. The van der Waals surface area contributed by atoms with E-state index in [-0.39, 0.29) is 18.1 Å². The molecule has 4 aromatic rings. The van der Waals surface area contributed by atoms with E-state index in [2.05, 4.69) is 16.0 Å². The normalized spacial score (nSPS) is 14.1. The molecule has 196 valence electrons. The monoisotopic (exact) mass is 541 g/mol. The lowest BCUT2D eigenvalue weighted by Crippen LogP contribution is -2.38. The Kier molecular flexibility index (Phi) is 7.16. The van der Waals surface area contributed by atoms with Crippen molar-refractivity contribution < 1.29 is 19.2 Å². The summed E-state index contributed by atoms with van der Waals surface area (Å²) in [7, 11) is 0. The first-order valence-electron chi connectivity index (χ1n) is 12.1. The standard InChI is InChI=1S/C29H24ClN5O4/c1-18-6-10-21(11-7-18)32-27(37)17-35-28(38)24(33-29(35)39)14-19-15-34(25-5-3-2-4-23(19)25)16-26(36)31-22-12-8-20(30)9-13-22/h2-15H,16-17H2,1H3,(H,31,36)(H,32,37)(H,33,39)/b24-14+. The van der Waals surface area contributed by atoms with Crippen molar-refractivity contribution >= 4 is 63.7 Å². The molecule has 3 N–H and O–H groups in total. The number of nitrogens with zero attached hydrogens (tertiary/aromatic N) is 2. The summed E-state index contributed by atoms with van der Waals surface area (Å²) in [4.78, 5) is 51.6. The average molecular weight is 542 g/mol. The van der Waals surface area contributed by atoms with E-state index in [0.717, 1.165) is 21.4 Å². The third-order valence-corrected chi connectivity index (χ3v) is 6.41. The first kappa shape index (κ1) is 25.7. The second-order valence-corrected chi connectivity index (χ2v) is 9.51. The number of carbonyl (C=O) groups is 4. The van der Waals surface area contributed by atoms with Crippen LogP contribution < -0.4 is 16.0 Å². The van der Waals surface area contributed by atoms with E-state index >= 15 is 0 Å². The highest BCUT2D eigenvalue weighted by molar-refractivity contribution is 6.30. The summed E-state index contributed by atoms with van der Waals surface area (Å²) in [5.41, 5.74) is 3.69. The minimum atomic E-state index is -0.684. The molecule has 0 bridgehead atoms. The molecular formula is C29H24ClN5O4. The first-order valence-corrected chi connectivity index (χ1v) is 12.5. The fourth-order valence-corrected chi connectivity index (χ4v) is 4.39. The lowest BCUT2D eigenvalue weighted by molar-refractivity contribution is -0.127. The van der Waals surface area contributed by atoms with Gasteiger partial charge in [-0.1, -0.05) is 47.5 Å². The highest BCUT2D eigenvalue weighted by atomic mass is 35.5. The summed E-state index contributed by atoms with van der Waals surface area (Å²) in [6, 6.07) is 20.7. The Morgan fingerprint density at radius 1 is 0.872 bits per heavy atom. The van der Waals surface area contributed by atoms with Gasteiger partial charge in [-0.15, -0.1) is 0 Å². The van der Waals surface area contributed by atoms with E-state index in [1.807, 2.05) is 43.3 Å². The second kappa shape index (κ2) is 10.8. The van der Waals surface area contributed by atoms with Crippen molar-refractivity contribution in [1.82, 2.24) is 14.8 Å². The number of aryl methyl sites for hydroxylation is 1. The summed E-state index contributed by atoms with van der Waals surface area (Å²) < 4.78 is 1.76. The Morgan fingerprint density at radius 2 is 1.49 bits per heavy atom. The topological polar surface area (TPSA) is 113 Å². The van der Waals surface area contributed by atoms with Crippen LogP contribution in [0.25, 0.3) is 17.0 Å². The second-order valence-electron chi connectivity index (χ2n) is 9.08. The summed E-state index contributed by atoms with van der Waals surface area (Å²) in [5, 5.41) is 9.43. The number of hydrogen-bond donors (Lipinski definition) is 3. The Bertz CT molecular complexity index is 1620. The van der Waals surface area contributed by atoms with Crippen molar-refractivity contribution in [1.29, 1.82) is 0 Å². The van der Waals surface area contributed by atoms with E-state index in [4.69, 9.17) is 11.6 Å². The van der Waals surface area contributed by atoms with Gasteiger partial charge in [0.25, 0.3) is 5.91 Å². The molecule has 2 heterocycles. The van der Waals surface area contributed by atoms with Crippen LogP contribution in [0.4, 0.5) is 16.2 Å². The number of para-hydroxylation sites is 1. The van der Waals surface area contributed by atoms with Crippen molar-refractivity contribution in [3.63, 3.8) is 0 Å². The smallest absolute Gasteiger partial charge is 0.329 e. The van der Waals surface area contributed by atoms with Gasteiger partial charge in [-0.2, -0.15) is 0 Å². The van der Waals surface area contributed by atoms with Crippen LogP contribution in [0, 0.1) is 6.92 Å². The molecule has 1 aliphatic rings. The molecule has 1 aromatic heterocycles. The highest BCUT2D eigenvalue weighted by Gasteiger charge is 2.35. The van der Waals surface area contributed by atoms with Gasteiger partial charge in [0.1, 0.15) is 18.8 Å². The van der Waals surface area contributed by atoms with Crippen LogP contribution in [-0.2, 0) is 20.9 Å². The Balaban J connectivity index is 1.32. The van der Waals surface area contributed by atoms with Crippen LogP contribution in [0.1, 0.15) is 11.1 Å². The quantitative estimate of drug-likeness (QED) is 0.231. The van der Waals surface area contributed by atoms with Crippen molar-refractivity contribution in [2.75, 3.05) is 17.2 Å². The number of rotatable bonds is 7. The van der Waals surface area contributed by atoms with Gasteiger partial charge in [-0.05, 0) is 55.5 Å². The van der Waals surface area contributed by atoms with Crippen LogP contribution in [0.2, 0.25) is 5.02 Å². The molecular weight excluding hydrogens is 518 g/mol. The molecule has 9 nitrogen and oxygen atoms in total. The molecule has 5 rings (SSSR count). The van der Waals surface area contributed by atoms with Gasteiger partial charge in [-0.25, -0.2) is 9.69 Å². The zero-order valence-corrected chi connectivity index (χ0v) is 21.7. The molecule has 39 heavy (non-hydrogen) atoms. The van der Waals surface area contributed by atoms with Crippen molar-refractivity contribution in [3.05, 3.63) is 101 Å². The lowest BCUT2D eigenvalue weighted by Gasteiger charge is -2.12. The number of hydrogen-bond acceptors (Lipinski definition) is 4. The van der Waals surface area contributed by atoms with Gasteiger partial charge in [0.05, 0.1) is 0 Å². The minimum Gasteiger partial charge on any atom is -0.337 e. The van der Waals surface area contributed by atoms with Crippen LogP contribution in [0.5, 0.6) is 0 Å². The van der Waals surface area contributed by atoms with Gasteiger partial charge in [0.15, 0.2) is 0 Å². The van der Waals surface area contributed by atoms with Gasteiger partial charge in [-0.3, -0.25) is 14.4 Å².